The Morgan fingerprint density at radius 3 is 2.43 bits per heavy atom. The highest BCUT2D eigenvalue weighted by atomic mass is 16.6. The summed E-state index contributed by atoms with van der Waals surface area (Å²) in [5.41, 5.74) is -0.867. The highest BCUT2D eigenvalue weighted by Crippen LogP contribution is 2.43. The van der Waals surface area contributed by atoms with Crippen LogP contribution in [-0.2, 0) is 28.6 Å². The van der Waals surface area contributed by atoms with Gasteiger partial charge in [-0.05, 0) is 98.3 Å². The van der Waals surface area contributed by atoms with Crippen molar-refractivity contribution in [2.24, 2.45) is 11.8 Å². The van der Waals surface area contributed by atoms with Crippen molar-refractivity contribution in [2.45, 2.75) is 103 Å². The first-order chi connectivity index (χ1) is 22.2. The number of piperidine rings is 1. The maximum atomic E-state index is 14.5. The van der Waals surface area contributed by atoms with Gasteiger partial charge in [-0.1, -0.05) is 0 Å². The van der Waals surface area contributed by atoms with Crippen LogP contribution in [0.4, 0.5) is 16.2 Å². The number of carbonyl (C=O) groups is 4. The van der Waals surface area contributed by atoms with E-state index in [4.69, 9.17) is 18.9 Å². The van der Waals surface area contributed by atoms with Gasteiger partial charge < -0.3 is 39.0 Å². The van der Waals surface area contributed by atoms with Crippen LogP contribution >= 0.6 is 0 Å². The minimum Gasteiger partial charge on any atom is -0.476 e. The van der Waals surface area contributed by atoms with Crippen molar-refractivity contribution >= 4 is 35.2 Å². The molecule has 0 radical (unpaired) electrons. The zero-order valence-electron chi connectivity index (χ0n) is 29.1. The number of hydrogen-bond acceptors (Lipinski definition) is 8. The van der Waals surface area contributed by atoms with E-state index in [-0.39, 0.29) is 42.4 Å². The number of nitrogens with one attached hydrogen (secondary N) is 1. The van der Waals surface area contributed by atoms with E-state index in [1.165, 1.54) is 4.90 Å². The van der Waals surface area contributed by atoms with E-state index in [2.05, 4.69) is 5.32 Å². The standard InChI is InChI=1S/C35H52N4O8/c1-8-45-22-35(14-15-35)36-29(40)23-18-24(21-37(20-23)32(43)47-33(2,3)4)30(41)39(25-10-11-25)26-12-13-28-27(19-26)38(16-9-17-44-7)31(42)34(5,6)46-28/h12-13,19,23-25H,8-11,14-18,20-22H2,1-7H3,(H,36,40). The van der Waals surface area contributed by atoms with Gasteiger partial charge in [-0.15, -0.1) is 0 Å². The zero-order valence-corrected chi connectivity index (χ0v) is 29.1. The van der Waals surface area contributed by atoms with E-state index in [0.717, 1.165) is 25.7 Å². The number of hydrogen-bond donors (Lipinski definition) is 1. The van der Waals surface area contributed by atoms with Gasteiger partial charge in [0.2, 0.25) is 11.8 Å². The minimum atomic E-state index is -1.03. The molecule has 2 aliphatic heterocycles. The average Bonchev–Trinajstić information content (AvgIpc) is 3.95. The number of methoxy groups -OCH3 is 1. The van der Waals surface area contributed by atoms with Gasteiger partial charge in [0.05, 0.1) is 29.7 Å². The highest BCUT2D eigenvalue weighted by molar-refractivity contribution is 6.04. The first kappa shape index (κ1) is 34.9. The predicted molar refractivity (Wildman–Crippen MR) is 177 cm³/mol. The third kappa shape index (κ3) is 8.20. The van der Waals surface area contributed by atoms with Crippen LogP contribution < -0.4 is 19.9 Å². The van der Waals surface area contributed by atoms with Gasteiger partial charge >= 0.3 is 6.09 Å². The lowest BCUT2D eigenvalue weighted by molar-refractivity contribution is -0.133. The van der Waals surface area contributed by atoms with Gasteiger partial charge in [0.15, 0.2) is 5.60 Å². The van der Waals surface area contributed by atoms with Gasteiger partial charge in [-0.3, -0.25) is 14.4 Å². The molecule has 0 spiro atoms. The predicted octanol–water partition coefficient (Wildman–Crippen LogP) is 4.28. The Kier molecular flexibility index (Phi) is 10.1. The molecule has 2 heterocycles. The van der Waals surface area contributed by atoms with Crippen molar-refractivity contribution in [2.75, 3.05) is 56.4 Å². The summed E-state index contributed by atoms with van der Waals surface area (Å²) >= 11 is 0. The SMILES string of the molecule is CCOCC1(NC(=O)C2CC(C(=O)N(c3ccc4c(c3)N(CCCOC)C(=O)C(C)(C)O4)C3CC3)CN(C(=O)OC(C)(C)C)C2)CC1. The Bertz CT molecular complexity index is 1350. The fourth-order valence-corrected chi connectivity index (χ4v) is 6.40. The third-order valence-corrected chi connectivity index (χ3v) is 9.16. The van der Waals surface area contributed by atoms with Crippen LogP contribution in [0.15, 0.2) is 18.2 Å². The quantitative estimate of drug-likeness (QED) is 0.331. The van der Waals surface area contributed by atoms with Gasteiger partial charge in [-0.25, -0.2) is 4.79 Å². The largest absolute Gasteiger partial charge is 0.476 e. The lowest BCUT2D eigenvalue weighted by Crippen LogP contribution is -2.55. The fourth-order valence-electron chi connectivity index (χ4n) is 6.40. The molecule has 1 N–H and O–H groups in total. The molecule has 12 heteroatoms. The van der Waals surface area contributed by atoms with E-state index in [1.54, 1.807) is 51.5 Å². The summed E-state index contributed by atoms with van der Waals surface area (Å²) < 4.78 is 22.7. The van der Waals surface area contributed by atoms with Crippen molar-refractivity contribution in [3.63, 3.8) is 0 Å². The summed E-state index contributed by atoms with van der Waals surface area (Å²) in [6.07, 6.45) is 3.77. The molecule has 5 rings (SSSR count). The lowest BCUT2D eigenvalue weighted by Gasteiger charge is -2.40. The first-order valence-corrected chi connectivity index (χ1v) is 17.0. The third-order valence-electron chi connectivity index (χ3n) is 9.16. The molecule has 1 aromatic rings. The van der Waals surface area contributed by atoms with Crippen molar-refractivity contribution in [3.05, 3.63) is 18.2 Å². The normalized spacial score (nSPS) is 23.0. The van der Waals surface area contributed by atoms with E-state index in [0.29, 0.717) is 56.3 Å². The fraction of sp³-hybridized carbons (Fsp3) is 0.714. The lowest BCUT2D eigenvalue weighted by atomic mass is 9.87. The van der Waals surface area contributed by atoms with E-state index in [9.17, 15) is 19.2 Å². The Labute approximate surface area is 278 Å². The summed E-state index contributed by atoms with van der Waals surface area (Å²) in [7, 11) is 1.63. The molecule has 1 aromatic carbocycles. The molecule has 2 saturated carbocycles. The van der Waals surface area contributed by atoms with Crippen LogP contribution in [0, 0.1) is 11.8 Å². The average molecular weight is 657 g/mol. The van der Waals surface area contributed by atoms with Crippen LogP contribution in [0.2, 0.25) is 0 Å². The summed E-state index contributed by atoms with van der Waals surface area (Å²) in [4.78, 5) is 60.0. The number of benzene rings is 1. The summed E-state index contributed by atoms with van der Waals surface area (Å²) in [5, 5.41) is 3.18. The number of nitrogens with zero attached hydrogens (tertiary/aromatic N) is 3. The highest BCUT2D eigenvalue weighted by Gasteiger charge is 2.48. The molecule has 0 aromatic heterocycles. The minimum absolute atomic E-state index is 0.00996. The summed E-state index contributed by atoms with van der Waals surface area (Å²) in [6.45, 7) is 13.1. The molecule has 0 bridgehead atoms. The van der Waals surface area contributed by atoms with E-state index < -0.39 is 29.1 Å². The molecular weight excluding hydrogens is 604 g/mol. The number of fused-ring (bicyclic) bond motifs is 1. The zero-order chi connectivity index (χ0) is 34.1. The smallest absolute Gasteiger partial charge is 0.410 e. The van der Waals surface area contributed by atoms with Crippen LogP contribution in [-0.4, -0.2) is 98.1 Å². The molecule has 4 amide bonds. The molecule has 2 atom stereocenters. The second-order valence-electron chi connectivity index (χ2n) is 14.9. The van der Waals surface area contributed by atoms with Gasteiger partial charge in [0.25, 0.3) is 5.91 Å². The number of likely N-dealkylation sites (tertiary alicyclic amines) is 1. The molecule has 2 unspecified atom stereocenters. The first-order valence-electron chi connectivity index (χ1n) is 17.0. The molecule has 2 aliphatic carbocycles. The van der Waals surface area contributed by atoms with Crippen LogP contribution in [0.1, 0.15) is 80.1 Å². The Morgan fingerprint density at radius 2 is 1.81 bits per heavy atom. The van der Waals surface area contributed by atoms with Crippen molar-refractivity contribution in [1.29, 1.82) is 0 Å². The van der Waals surface area contributed by atoms with Crippen LogP contribution in [0.25, 0.3) is 0 Å². The summed E-state index contributed by atoms with van der Waals surface area (Å²) in [6, 6.07) is 5.53. The number of ether oxygens (including phenoxy) is 4. The number of anilines is 2. The van der Waals surface area contributed by atoms with Crippen molar-refractivity contribution < 1.29 is 38.1 Å². The Balaban J connectivity index is 1.42. The number of amides is 4. The van der Waals surface area contributed by atoms with Crippen molar-refractivity contribution in [3.8, 4) is 5.75 Å². The molecule has 260 valence electrons. The molecule has 47 heavy (non-hydrogen) atoms. The van der Waals surface area contributed by atoms with Gasteiger partial charge in [-0.2, -0.15) is 0 Å². The van der Waals surface area contributed by atoms with Crippen LogP contribution in [0.5, 0.6) is 5.75 Å². The maximum Gasteiger partial charge on any atom is 0.410 e. The number of rotatable bonds is 12. The molecular formula is C35H52N4O8. The second-order valence-corrected chi connectivity index (χ2v) is 14.9. The van der Waals surface area contributed by atoms with Gasteiger partial charge in [0.1, 0.15) is 11.4 Å². The second kappa shape index (κ2) is 13.6. The van der Waals surface area contributed by atoms with E-state index >= 15 is 0 Å². The van der Waals surface area contributed by atoms with Gasteiger partial charge in [0, 0.05) is 51.7 Å². The Hall–Kier alpha value is -3.38. The monoisotopic (exact) mass is 656 g/mol. The van der Waals surface area contributed by atoms with Crippen LogP contribution in [0.3, 0.4) is 0 Å². The number of carbonyl (C=O) groups excluding carboxylic acids is 4. The molecule has 12 nitrogen and oxygen atoms in total. The molecule has 1 saturated heterocycles. The molecule has 3 fully saturated rings. The maximum absolute atomic E-state index is 14.5. The van der Waals surface area contributed by atoms with E-state index in [1.807, 2.05) is 25.1 Å². The topological polar surface area (TPSA) is 127 Å². The van der Waals surface area contributed by atoms with Crippen molar-refractivity contribution in [1.82, 2.24) is 10.2 Å². The molecule has 4 aliphatic rings. The Morgan fingerprint density at radius 1 is 1.11 bits per heavy atom. The summed E-state index contributed by atoms with van der Waals surface area (Å²) in [5.74, 6) is -1.12.